The summed E-state index contributed by atoms with van der Waals surface area (Å²) in [6.07, 6.45) is 2.16. The fourth-order valence-electron chi connectivity index (χ4n) is 3.88. The molecule has 0 unspecified atom stereocenters. The Bertz CT molecular complexity index is 1170. The molecule has 1 aromatic heterocycles. The molecule has 0 aliphatic carbocycles. The molecule has 5 rings (SSSR count). The van der Waals surface area contributed by atoms with Crippen LogP contribution in [0.1, 0.15) is 23.2 Å². The van der Waals surface area contributed by atoms with E-state index in [1.807, 2.05) is 83.8 Å². The zero-order valence-electron chi connectivity index (χ0n) is 16.1. The van der Waals surface area contributed by atoms with Crippen molar-refractivity contribution in [3.8, 4) is 22.5 Å². The smallest absolute Gasteiger partial charge is 0.253 e. The first-order valence-corrected chi connectivity index (χ1v) is 10.0. The Labute approximate surface area is 169 Å². The van der Waals surface area contributed by atoms with E-state index < -0.39 is 0 Å². The monoisotopic (exact) mass is 379 g/mol. The Kier molecular flexibility index (Phi) is 4.53. The van der Waals surface area contributed by atoms with Crippen LogP contribution in [0.25, 0.3) is 33.5 Å². The molecule has 4 heteroatoms. The Morgan fingerprint density at radius 3 is 1.83 bits per heavy atom. The van der Waals surface area contributed by atoms with Crippen molar-refractivity contribution in [2.75, 3.05) is 13.1 Å². The van der Waals surface area contributed by atoms with E-state index in [-0.39, 0.29) is 5.91 Å². The van der Waals surface area contributed by atoms with Crippen molar-refractivity contribution < 1.29 is 4.79 Å². The number of amides is 1. The zero-order valence-corrected chi connectivity index (χ0v) is 16.1. The number of likely N-dealkylation sites (tertiary alicyclic amines) is 1. The summed E-state index contributed by atoms with van der Waals surface area (Å²) in [5.41, 5.74) is 5.93. The van der Waals surface area contributed by atoms with E-state index >= 15 is 0 Å². The molecule has 0 bridgehead atoms. The topological polar surface area (TPSA) is 46.1 Å². The third kappa shape index (κ3) is 3.38. The molecule has 1 fully saturated rings. The molecule has 29 heavy (non-hydrogen) atoms. The van der Waals surface area contributed by atoms with Crippen LogP contribution >= 0.6 is 0 Å². The molecule has 0 radical (unpaired) electrons. The number of hydrogen-bond acceptors (Lipinski definition) is 3. The minimum Gasteiger partial charge on any atom is -0.339 e. The molecular formula is C25H21N3O. The van der Waals surface area contributed by atoms with Crippen LogP contribution in [0.15, 0.2) is 78.9 Å². The van der Waals surface area contributed by atoms with E-state index in [1.165, 1.54) is 0 Å². The van der Waals surface area contributed by atoms with Crippen LogP contribution in [-0.4, -0.2) is 33.9 Å². The molecule has 1 saturated heterocycles. The number of aromatic nitrogens is 2. The van der Waals surface area contributed by atoms with E-state index in [2.05, 4.69) is 0 Å². The second kappa shape index (κ2) is 7.47. The van der Waals surface area contributed by atoms with Crippen LogP contribution in [0, 0.1) is 0 Å². The molecule has 3 aromatic carbocycles. The average Bonchev–Trinajstić information content (AvgIpc) is 3.33. The van der Waals surface area contributed by atoms with Gasteiger partial charge in [0.15, 0.2) is 0 Å². The summed E-state index contributed by atoms with van der Waals surface area (Å²) in [5, 5.41) is 0. The lowest BCUT2D eigenvalue weighted by Gasteiger charge is -2.16. The molecule has 4 aromatic rings. The van der Waals surface area contributed by atoms with Gasteiger partial charge < -0.3 is 4.90 Å². The maximum Gasteiger partial charge on any atom is 0.253 e. The van der Waals surface area contributed by atoms with Crippen molar-refractivity contribution in [1.29, 1.82) is 0 Å². The van der Waals surface area contributed by atoms with E-state index in [9.17, 15) is 4.79 Å². The van der Waals surface area contributed by atoms with Crippen molar-refractivity contribution >= 4 is 16.9 Å². The van der Waals surface area contributed by atoms with Crippen LogP contribution in [0.5, 0.6) is 0 Å². The van der Waals surface area contributed by atoms with Crippen molar-refractivity contribution in [3.05, 3.63) is 84.4 Å². The van der Waals surface area contributed by atoms with Crippen molar-refractivity contribution in [2.24, 2.45) is 0 Å². The number of benzene rings is 3. The summed E-state index contributed by atoms with van der Waals surface area (Å²) in [6, 6.07) is 25.9. The summed E-state index contributed by atoms with van der Waals surface area (Å²) < 4.78 is 0. The maximum atomic E-state index is 12.8. The highest BCUT2D eigenvalue weighted by Gasteiger charge is 2.20. The lowest BCUT2D eigenvalue weighted by atomic mass is 10.0. The van der Waals surface area contributed by atoms with Crippen LogP contribution < -0.4 is 0 Å². The van der Waals surface area contributed by atoms with Gasteiger partial charge in [0.1, 0.15) is 0 Å². The fraction of sp³-hybridized carbons (Fsp3) is 0.160. The molecule has 1 amide bonds. The number of hydrogen-bond donors (Lipinski definition) is 0. The van der Waals surface area contributed by atoms with Crippen LogP contribution in [0.3, 0.4) is 0 Å². The number of nitrogens with zero attached hydrogens (tertiary/aromatic N) is 3. The average molecular weight is 379 g/mol. The highest BCUT2D eigenvalue weighted by molar-refractivity contribution is 5.98. The Morgan fingerprint density at radius 2 is 1.24 bits per heavy atom. The van der Waals surface area contributed by atoms with E-state index in [4.69, 9.17) is 9.97 Å². The number of rotatable bonds is 3. The Hall–Kier alpha value is -3.53. The van der Waals surface area contributed by atoms with Gasteiger partial charge >= 0.3 is 0 Å². The summed E-state index contributed by atoms with van der Waals surface area (Å²) >= 11 is 0. The molecule has 0 saturated carbocycles. The first-order valence-electron chi connectivity index (χ1n) is 10.0. The predicted molar refractivity (Wildman–Crippen MR) is 116 cm³/mol. The molecule has 2 heterocycles. The van der Waals surface area contributed by atoms with Crippen LogP contribution in [-0.2, 0) is 0 Å². The molecule has 1 aliphatic heterocycles. The van der Waals surface area contributed by atoms with Gasteiger partial charge in [-0.3, -0.25) is 4.79 Å². The number of carbonyl (C=O) groups is 1. The van der Waals surface area contributed by atoms with Crippen LogP contribution in [0.2, 0.25) is 0 Å². The first kappa shape index (κ1) is 17.6. The van der Waals surface area contributed by atoms with E-state index in [0.717, 1.165) is 59.5 Å². The first-order chi connectivity index (χ1) is 14.3. The fourth-order valence-corrected chi connectivity index (χ4v) is 3.88. The summed E-state index contributed by atoms with van der Waals surface area (Å²) in [5.74, 6) is 0.0830. The second-order valence-corrected chi connectivity index (χ2v) is 7.36. The van der Waals surface area contributed by atoms with Crippen LogP contribution in [0.4, 0.5) is 0 Å². The predicted octanol–water partition coefficient (Wildman–Crippen LogP) is 5.20. The van der Waals surface area contributed by atoms with Gasteiger partial charge in [0.2, 0.25) is 0 Å². The third-order valence-corrected chi connectivity index (χ3v) is 5.40. The van der Waals surface area contributed by atoms with E-state index in [0.29, 0.717) is 5.56 Å². The molecule has 0 N–H and O–H groups in total. The normalized spacial score (nSPS) is 13.7. The van der Waals surface area contributed by atoms with Crippen molar-refractivity contribution in [3.63, 3.8) is 0 Å². The van der Waals surface area contributed by atoms with Gasteiger partial charge in [-0.1, -0.05) is 60.7 Å². The standard InChI is InChI=1S/C25H21N3O/c29-25(28-15-7-8-16-28)20-13-14-21-22(17-20)27-24(19-11-5-2-6-12-19)23(26-21)18-9-3-1-4-10-18/h1-6,9-14,17H,7-8,15-16H2. The lowest BCUT2D eigenvalue weighted by Crippen LogP contribution is -2.27. The highest BCUT2D eigenvalue weighted by Crippen LogP contribution is 2.31. The SMILES string of the molecule is O=C(c1ccc2nc(-c3ccccc3)c(-c3ccccc3)nc2c1)N1CCCC1. The zero-order chi connectivity index (χ0) is 19.6. The number of carbonyl (C=O) groups excluding carboxylic acids is 1. The van der Waals surface area contributed by atoms with Gasteiger partial charge in [-0.05, 0) is 31.0 Å². The molecular weight excluding hydrogens is 358 g/mol. The third-order valence-electron chi connectivity index (χ3n) is 5.40. The molecule has 0 atom stereocenters. The highest BCUT2D eigenvalue weighted by atomic mass is 16.2. The maximum absolute atomic E-state index is 12.8. The quantitative estimate of drug-likeness (QED) is 0.491. The van der Waals surface area contributed by atoms with E-state index in [1.54, 1.807) is 0 Å². The minimum absolute atomic E-state index is 0.0830. The van der Waals surface area contributed by atoms with Gasteiger partial charge in [0, 0.05) is 29.8 Å². The number of fused-ring (bicyclic) bond motifs is 1. The Balaban J connectivity index is 1.67. The van der Waals surface area contributed by atoms with Gasteiger partial charge in [-0.2, -0.15) is 0 Å². The van der Waals surface area contributed by atoms with Crippen molar-refractivity contribution in [1.82, 2.24) is 14.9 Å². The Morgan fingerprint density at radius 1 is 0.690 bits per heavy atom. The largest absolute Gasteiger partial charge is 0.339 e. The minimum atomic E-state index is 0.0830. The molecule has 142 valence electrons. The van der Waals surface area contributed by atoms with Crippen molar-refractivity contribution in [2.45, 2.75) is 12.8 Å². The van der Waals surface area contributed by atoms with Gasteiger partial charge in [-0.25, -0.2) is 9.97 Å². The van der Waals surface area contributed by atoms with Gasteiger partial charge in [0.05, 0.1) is 22.4 Å². The molecule has 0 spiro atoms. The lowest BCUT2D eigenvalue weighted by molar-refractivity contribution is 0.0793. The van der Waals surface area contributed by atoms with Gasteiger partial charge in [0.25, 0.3) is 5.91 Å². The summed E-state index contributed by atoms with van der Waals surface area (Å²) in [4.78, 5) is 24.6. The molecule has 4 nitrogen and oxygen atoms in total. The second-order valence-electron chi connectivity index (χ2n) is 7.36. The summed E-state index contributed by atoms with van der Waals surface area (Å²) in [6.45, 7) is 1.68. The summed E-state index contributed by atoms with van der Waals surface area (Å²) in [7, 11) is 0. The molecule has 1 aliphatic rings. The van der Waals surface area contributed by atoms with Gasteiger partial charge in [-0.15, -0.1) is 0 Å².